The normalized spacial score (nSPS) is 25.0. The number of carbonyl (C=O) groups is 2. The van der Waals surface area contributed by atoms with Gasteiger partial charge in [0.1, 0.15) is 6.29 Å². The second kappa shape index (κ2) is 17.1. The first-order chi connectivity index (χ1) is 18.3. The van der Waals surface area contributed by atoms with Gasteiger partial charge in [-0.05, 0) is 56.7 Å². The maximum absolute atomic E-state index is 11.4. The number of carbonyl (C=O) groups excluding carboxylic acids is 2. The Labute approximate surface area is 233 Å². The van der Waals surface area contributed by atoms with Crippen molar-refractivity contribution in [3.8, 4) is 0 Å². The molecule has 4 fully saturated rings. The first-order valence-electron chi connectivity index (χ1n) is 15.4. The van der Waals surface area contributed by atoms with E-state index >= 15 is 0 Å². The summed E-state index contributed by atoms with van der Waals surface area (Å²) in [5, 5.41) is 9.95. The van der Waals surface area contributed by atoms with E-state index in [0.717, 1.165) is 51.1 Å². The number of aliphatic hydroxyl groups is 1. The number of benzene rings is 1. The van der Waals surface area contributed by atoms with Gasteiger partial charge in [0.2, 0.25) is 5.91 Å². The first kappa shape index (κ1) is 32.5. The Morgan fingerprint density at radius 2 is 1.66 bits per heavy atom. The minimum Gasteiger partial charge on any atom is -0.392 e. The SMILES string of the molecule is CC.CN1CCC(O)C2(CCCC2)C1.Cc1ccccc1C1CC(=O)N(C)C1.O=CCCC1CCCCC1. The lowest BCUT2D eigenvalue weighted by molar-refractivity contribution is -0.126. The van der Waals surface area contributed by atoms with Gasteiger partial charge in [-0.15, -0.1) is 0 Å². The standard InChI is InChI=1S/C12H15NO.C10H19NO.C9H16O.C2H6/c1-9-5-3-4-6-11(9)10-7-12(14)13(2)8-10;1-11-7-4-9(12)10(8-11)5-2-3-6-10;10-8-4-7-9-5-2-1-3-6-9;1-2/h3-6,10H,7-8H2,1-2H3;9,12H,2-8H2,1H3;8-9H,1-7H2;1-2H3. The summed E-state index contributed by atoms with van der Waals surface area (Å²) in [5.41, 5.74) is 2.90. The average Bonchev–Trinajstić information content (AvgIpc) is 3.54. The summed E-state index contributed by atoms with van der Waals surface area (Å²) in [7, 11) is 4.05. The topological polar surface area (TPSA) is 60.9 Å². The van der Waals surface area contributed by atoms with Gasteiger partial charge in [-0.1, -0.05) is 83.1 Å². The van der Waals surface area contributed by atoms with Crippen molar-refractivity contribution in [1.29, 1.82) is 0 Å². The number of aryl methyl sites for hydroxylation is 1. The second-order valence-electron chi connectivity index (χ2n) is 11.9. The smallest absolute Gasteiger partial charge is 0.223 e. The fraction of sp³-hybridized carbons (Fsp3) is 0.758. The molecule has 2 saturated carbocycles. The summed E-state index contributed by atoms with van der Waals surface area (Å²) in [5.74, 6) is 1.53. The van der Waals surface area contributed by atoms with Gasteiger partial charge in [0, 0.05) is 50.9 Å². The maximum atomic E-state index is 11.4. The molecule has 2 atom stereocenters. The number of piperidine rings is 1. The van der Waals surface area contributed by atoms with E-state index in [1.54, 1.807) is 0 Å². The number of aliphatic hydroxyl groups excluding tert-OH is 1. The zero-order valence-corrected chi connectivity index (χ0v) is 25.1. The monoisotopic (exact) mass is 528 g/mol. The number of likely N-dealkylation sites (tertiary alicyclic amines) is 2. The van der Waals surface area contributed by atoms with E-state index in [-0.39, 0.29) is 17.4 Å². The summed E-state index contributed by atoms with van der Waals surface area (Å²) >= 11 is 0. The van der Waals surface area contributed by atoms with Gasteiger partial charge < -0.3 is 19.7 Å². The van der Waals surface area contributed by atoms with Crippen molar-refractivity contribution < 1.29 is 14.7 Å². The van der Waals surface area contributed by atoms with Crippen molar-refractivity contribution in [3.05, 3.63) is 35.4 Å². The lowest BCUT2D eigenvalue weighted by atomic mass is 9.76. The summed E-state index contributed by atoms with van der Waals surface area (Å²) in [6, 6.07) is 8.33. The van der Waals surface area contributed by atoms with Crippen molar-refractivity contribution in [2.75, 3.05) is 33.7 Å². The molecule has 2 aliphatic heterocycles. The third kappa shape index (κ3) is 9.79. The van der Waals surface area contributed by atoms with Crippen LogP contribution in [0.4, 0.5) is 0 Å². The average molecular weight is 529 g/mol. The quantitative estimate of drug-likeness (QED) is 0.439. The van der Waals surface area contributed by atoms with Crippen LogP contribution in [0.25, 0.3) is 0 Å². The van der Waals surface area contributed by atoms with E-state index < -0.39 is 0 Å². The number of amides is 1. The van der Waals surface area contributed by atoms with E-state index in [9.17, 15) is 14.7 Å². The van der Waals surface area contributed by atoms with Gasteiger partial charge in [-0.2, -0.15) is 0 Å². The molecule has 5 heteroatoms. The second-order valence-corrected chi connectivity index (χ2v) is 11.9. The van der Waals surface area contributed by atoms with Gasteiger partial charge in [0.05, 0.1) is 6.10 Å². The largest absolute Gasteiger partial charge is 0.392 e. The number of aldehydes is 1. The molecule has 1 aromatic carbocycles. The Hall–Kier alpha value is -1.72. The summed E-state index contributed by atoms with van der Waals surface area (Å²) in [6.07, 6.45) is 16.7. The predicted molar refractivity (Wildman–Crippen MR) is 158 cm³/mol. The Kier molecular flexibility index (Phi) is 14.6. The molecule has 216 valence electrons. The summed E-state index contributed by atoms with van der Waals surface area (Å²) in [4.78, 5) is 25.6. The molecule has 1 N–H and O–H groups in total. The van der Waals surface area contributed by atoms with Crippen molar-refractivity contribution in [1.82, 2.24) is 9.80 Å². The lowest BCUT2D eigenvalue weighted by Crippen LogP contribution is -2.48. The molecular weight excluding hydrogens is 472 g/mol. The van der Waals surface area contributed by atoms with Crippen LogP contribution in [0, 0.1) is 18.3 Å². The highest BCUT2D eigenvalue weighted by Gasteiger charge is 2.43. The minimum absolute atomic E-state index is 0.0174. The summed E-state index contributed by atoms with van der Waals surface area (Å²) in [6.45, 7) is 9.17. The molecule has 2 unspecified atom stereocenters. The van der Waals surface area contributed by atoms with E-state index in [1.165, 1.54) is 68.9 Å². The lowest BCUT2D eigenvalue weighted by Gasteiger charge is -2.42. The molecule has 4 aliphatic rings. The molecular formula is C33H56N2O3. The van der Waals surface area contributed by atoms with Crippen molar-refractivity contribution in [2.45, 2.75) is 116 Å². The van der Waals surface area contributed by atoms with Crippen LogP contribution < -0.4 is 0 Å². The fourth-order valence-electron chi connectivity index (χ4n) is 6.84. The fourth-order valence-corrected chi connectivity index (χ4v) is 6.84. The van der Waals surface area contributed by atoms with Crippen LogP contribution in [0.1, 0.15) is 114 Å². The van der Waals surface area contributed by atoms with Crippen LogP contribution in [0.2, 0.25) is 0 Å². The molecule has 5 rings (SSSR count). The van der Waals surface area contributed by atoms with Crippen molar-refractivity contribution in [3.63, 3.8) is 0 Å². The molecule has 1 spiro atoms. The van der Waals surface area contributed by atoms with Crippen LogP contribution in [0.15, 0.2) is 24.3 Å². The van der Waals surface area contributed by atoms with Crippen molar-refractivity contribution >= 4 is 12.2 Å². The van der Waals surface area contributed by atoms with Crippen LogP contribution >= 0.6 is 0 Å². The van der Waals surface area contributed by atoms with Crippen molar-refractivity contribution in [2.24, 2.45) is 11.3 Å². The molecule has 0 radical (unpaired) electrons. The van der Waals surface area contributed by atoms with Crippen LogP contribution in [-0.2, 0) is 9.59 Å². The number of hydrogen-bond donors (Lipinski definition) is 1. The number of rotatable bonds is 4. The third-order valence-electron chi connectivity index (χ3n) is 9.06. The minimum atomic E-state index is -0.0174. The zero-order chi connectivity index (χ0) is 28.0. The van der Waals surface area contributed by atoms with Gasteiger partial charge in [0.15, 0.2) is 0 Å². The van der Waals surface area contributed by atoms with E-state index in [2.05, 4.69) is 31.0 Å². The van der Waals surface area contributed by atoms with E-state index in [1.807, 2.05) is 37.9 Å². The Bertz CT molecular complexity index is 814. The highest BCUT2D eigenvalue weighted by Crippen LogP contribution is 2.44. The highest BCUT2D eigenvalue weighted by molar-refractivity contribution is 5.79. The van der Waals surface area contributed by atoms with Gasteiger partial charge in [-0.3, -0.25) is 4.79 Å². The predicted octanol–water partition coefficient (Wildman–Crippen LogP) is 6.76. The molecule has 38 heavy (non-hydrogen) atoms. The first-order valence-corrected chi connectivity index (χ1v) is 15.4. The third-order valence-corrected chi connectivity index (χ3v) is 9.06. The maximum Gasteiger partial charge on any atom is 0.223 e. The molecule has 1 amide bonds. The molecule has 0 aromatic heterocycles. The van der Waals surface area contributed by atoms with Crippen LogP contribution in [0.3, 0.4) is 0 Å². The molecule has 2 saturated heterocycles. The van der Waals surface area contributed by atoms with E-state index in [0.29, 0.717) is 12.3 Å². The molecule has 0 bridgehead atoms. The van der Waals surface area contributed by atoms with Gasteiger partial charge >= 0.3 is 0 Å². The van der Waals surface area contributed by atoms with Gasteiger partial charge in [0.25, 0.3) is 0 Å². The van der Waals surface area contributed by atoms with E-state index in [4.69, 9.17) is 0 Å². The number of nitrogens with zero attached hydrogens (tertiary/aromatic N) is 2. The Morgan fingerprint density at radius 3 is 2.24 bits per heavy atom. The Balaban J connectivity index is 0.000000196. The Morgan fingerprint density at radius 1 is 1.00 bits per heavy atom. The van der Waals surface area contributed by atoms with Gasteiger partial charge in [-0.25, -0.2) is 0 Å². The zero-order valence-electron chi connectivity index (χ0n) is 25.1. The molecule has 1 aromatic rings. The molecule has 2 heterocycles. The highest BCUT2D eigenvalue weighted by atomic mass is 16.3. The van der Waals surface area contributed by atoms with Crippen LogP contribution in [0.5, 0.6) is 0 Å². The number of likely N-dealkylation sites (N-methyl/N-ethyl adjacent to an activating group) is 1. The summed E-state index contributed by atoms with van der Waals surface area (Å²) < 4.78 is 0. The number of hydrogen-bond acceptors (Lipinski definition) is 4. The van der Waals surface area contributed by atoms with Crippen LogP contribution in [-0.4, -0.2) is 66.9 Å². The molecule has 2 aliphatic carbocycles. The molecule has 5 nitrogen and oxygen atoms in total.